The molecule has 0 atom stereocenters. The van der Waals surface area contributed by atoms with Crippen LogP contribution >= 0.6 is 0 Å². The zero-order chi connectivity index (χ0) is 16.2. The second kappa shape index (κ2) is 7.13. The number of hydrogen-bond acceptors (Lipinski definition) is 3. The molecule has 0 heterocycles. The molecule has 0 aliphatic heterocycles. The van der Waals surface area contributed by atoms with Crippen molar-refractivity contribution in [2.45, 2.75) is 44.6 Å². The Morgan fingerprint density at radius 2 is 1.73 bits per heavy atom. The first kappa shape index (κ1) is 16.8. The Morgan fingerprint density at radius 1 is 1.14 bits per heavy atom. The second-order valence-electron chi connectivity index (χ2n) is 5.91. The van der Waals surface area contributed by atoms with Crippen LogP contribution in [0.1, 0.15) is 48.9 Å². The van der Waals surface area contributed by atoms with Crippen molar-refractivity contribution in [2.24, 2.45) is 0 Å². The highest BCUT2D eigenvalue weighted by Crippen LogP contribution is 2.23. The van der Waals surface area contributed by atoms with Crippen LogP contribution in [0.25, 0.3) is 0 Å². The van der Waals surface area contributed by atoms with Gasteiger partial charge in [0.2, 0.25) is 10.0 Å². The second-order valence-corrected chi connectivity index (χ2v) is 7.92. The lowest BCUT2D eigenvalue weighted by atomic mass is 10.1. The Morgan fingerprint density at radius 3 is 2.32 bits per heavy atom. The van der Waals surface area contributed by atoms with Gasteiger partial charge in [0.15, 0.2) is 0 Å². The average molecular weight is 324 g/mol. The van der Waals surface area contributed by atoms with E-state index in [9.17, 15) is 13.2 Å². The number of para-hydroxylation sites is 1. The first-order chi connectivity index (χ1) is 10.4. The van der Waals surface area contributed by atoms with Crippen LogP contribution in [0.3, 0.4) is 0 Å². The van der Waals surface area contributed by atoms with Crippen LogP contribution in [0, 0.1) is 0 Å². The van der Waals surface area contributed by atoms with E-state index in [2.05, 4.69) is 5.32 Å². The fourth-order valence-electron chi connectivity index (χ4n) is 2.81. The first-order valence-corrected chi connectivity index (χ1v) is 9.58. The quantitative estimate of drug-likeness (QED) is 0.866. The van der Waals surface area contributed by atoms with Crippen molar-refractivity contribution in [1.82, 2.24) is 5.32 Å². The summed E-state index contributed by atoms with van der Waals surface area (Å²) in [5, 5.41) is 3.06. The van der Waals surface area contributed by atoms with Crippen LogP contribution in [0.5, 0.6) is 0 Å². The lowest BCUT2D eigenvalue weighted by molar-refractivity contribution is 0.0934. The van der Waals surface area contributed by atoms with Gasteiger partial charge in [0.25, 0.3) is 5.91 Å². The van der Waals surface area contributed by atoms with Crippen molar-refractivity contribution < 1.29 is 13.2 Å². The van der Waals surface area contributed by atoms with E-state index in [4.69, 9.17) is 0 Å². The Labute approximate surface area is 132 Å². The molecule has 1 N–H and O–H groups in total. The molecule has 1 amide bonds. The molecule has 0 unspecified atom stereocenters. The minimum Gasteiger partial charge on any atom is -0.349 e. The molecule has 1 aromatic rings. The lowest BCUT2D eigenvalue weighted by Crippen LogP contribution is -2.36. The van der Waals surface area contributed by atoms with E-state index in [0.29, 0.717) is 11.3 Å². The highest BCUT2D eigenvalue weighted by Gasteiger charge is 2.21. The van der Waals surface area contributed by atoms with Crippen molar-refractivity contribution in [2.75, 3.05) is 17.6 Å². The summed E-state index contributed by atoms with van der Waals surface area (Å²) in [6.07, 6.45) is 7.84. The molecular formula is C16H24N2O3S. The van der Waals surface area contributed by atoms with Crippen molar-refractivity contribution >= 4 is 21.6 Å². The van der Waals surface area contributed by atoms with Gasteiger partial charge in [0, 0.05) is 13.1 Å². The summed E-state index contributed by atoms with van der Waals surface area (Å²) in [4.78, 5) is 12.5. The maximum Gasteiger partial charge on any atom is 0.253 e. The van der Waals surface area contributed by atoms with E-state index >= 15 is 0 Å². The van der Waals surface area contributed by atoms with Gasteiger partial charge >= 0.3 is 0 Å². The SMILES string of the molecule is CN(c1ccccc1C(=O)NC1CCCCCC1)S(C)(=O)=O. The number of carbonyl (C=O) groups excluding carboxylic acids is 1. The number of benzene rings is 1. The van der Waals surface area contributed by atoms with Crippen LogP contribution in [0.2, 0.25) is 0 Å². The number of nitrogens with one attached hydrogen (secondary N) is 1. The molecule has 1 saturated carbocycles. The summed E-state index contributed by atoms with van der Waals surface area (Å²) >= 11 is 0. The van der Waals surface area contributed by atoms with Crippen LogP contribution in [-0.4, -0.2) is 33.7 Å². The van der Waals surface area contributed by atoms with Gasteiger partial charge < -0.3 is 5.32 Å². The van der Waals surface area contributed by atoms with E-state index in [1.807, 2.05) is 0 Å². The van der Waals surface area contributed by atoms with Gasteiger partial charge in [-0.1, -0.05) is 37.8 Å². The third kappa shape index (κ3) is 4.22. The summed E-state index contributed by atoms with van der Waals surface area (Å²) in [7, 11) is -1.93. The number of hydrogen-bond donors (Lipinski definition) is 1. The van der Waals surface area contributed by atoms with Crippen LogP contribution < -0.4 is 9.62 Å². The number of sulfonamides is 1. The lowest BCUT2D eigenvalue weighted by Gasteiger charge is -2.22. The number of anilines is 1. The Balaban J connectivity index is 2.19. The summed E-state index contributed by atoms with van der Waals surface area (Å²) in [5.74, 6) is -0.196. The molecule has 0 bridgehead atoms. The largest absolute Gasteiger partial charge is 0.349 e. The monoisotopic (exact) mass is 324 g/mol. The van der Waals surface area contributed by atoms with Gasteiger partial charge in [-0.15, -0.1) is 0 Å². The molecular weight excluding hydrogens is 300 g/mol. The normalized spacial score (nSPS) is 16.8. The van der Waals surface area contributed by atoms with Crippen molar-refractivity contribution in [1.29, 1.82) is 0 Å². The van der Waals surface area contributed by atoms with E-state index in [-0.39, 0.29) is 11.9 Å². The van der Waals surface area contributed by atoms with Gasteiger partial charge in [-0.25, -0.2) is 8.42 Å². The predicted molar refractivity (Wildman–Crippen MR) is 88.6 cm³/mol. The summed E-state index contributed by atoms with van der Waals surface area (Å²) < 4.78 is 24.6. The van der Waals surface area contributed by atoms with Gasteiger partial charge in [-0.3, -0.25) is 9.10 Å². The fraction of sp³-hybridized carbons (Fsp3) is 0.562. The Bertz CT molecular complexity index is 620. The van der Waals surface area contributed by atoms with Crippen LogP contribution in [-0.2, 0) is 10.0 Å². The molecule has 0 radical (unpaired) electrons. The fourth-order valence-corrected chi connectivity index (χ4v) is 3.32. The van der Waals surface area contributed by atoms with Gasteiger partial charge in [0.05, 0.1) is 17.5 Å². The topological polar surface area (TPSA) is 66.5 Å². The smallest absolute Gasteiger partial charge is 0.253 e. The van der Waals surface area contributed by atoms with Crippen LogP contribution in [0.4, 0.5) is 5.69 Å². The number of nitrogens with zero attached hydrogens (tertiary/aromatic N) is 1. The average Bonchev–Trinajstić information content (AvgIpc) is 2.74. The first-order valence-electron chi connectivity index (χ1n) is 7.73. The van der Waals surface area contributed by atoms with Gasteiger partial charge in [0.1, 0.15) is 0 Å². The van der Waals surface area contributed by atoms with Crippen molar-refractivity contribution in [3.63, 3.8) is 0 Å². The summed E-state index contributed by atoms with van der Waals surface area (Å²) in [5.41, 5.74) is 0.816. The number of carbonyl (C=O) groups is 1. The summed E-state index contributed by atoms with van der Waals surface area (Å²) in [6.45, 7) is 0. The molecule has 0 spiro atoms. The standard InChI is InChI=1S/C16H24N2O3S/c1-18(22(2,20)21)15-12-8-7-11-14(15)16(19)17-13-9-5-3-4-6-10-13/h7-8,11-13H,3-6,9-10H2,1-2H3,(H,17,19). The molecule has 6 heteroatoms. The maximum absolute atomic E-state index is 12.5. The minimum absolute atomic E-state index is 0.187. The van der Waals surface area contributed by atoms with E-state index in [1.54, 1.807) is 24.3 Å². The van der Waals surface area contributed by atoms with Crippen LogP contribution in [0.15, 0.2) is 24.3 Å². The summed E-state index contributed by atoms with van der Waals surface area (Å²) in [6, 6.07) is 7.00. The third-order valence-corrected chi connectivity index (χ3v) is 5.37. The molecule has 2 rings (SSSR count). The van der Waals surface area contributed by atoms with E-state index in [0.717, 1.165) is 36.2 Å². The van der Waals surface area contributed by atoms with Crippen molar-refractivity contribution in [3.8, 4) is 0 Å². The molecule has 5 nitrogen and oxygen atoms in total. The Kier molecular flexibility index (Phi) is 5.45. The predicted octanol–water partition coefficient (Wildman–Crippen LogP) is 2.54. The molecule has 0 aromatic heterocycles. The van der Waals surface area contributed by atoms with E-state index < -0.39 is 10.0 Å². The molecule has 0 saturated heterocycles. The van der Waals surface area contributed by atoms with Crippen molar-refractivity contribution in [3.05, 3.63) is 29.8 Å². The third-order valence-electron chi connectivity index (χ3n) is 4.18. The molecule has 1 aromatic carbocycles. The Hall–Kier alpha value is -1.56. The number of amides is 1. The molecule has 22 heavy (non-hydrogen) atoms. The zero-order valence-corrected chi connectivity index (χ0v) is 14.0. The molecule has 1 aliphatic rings. The van der Waals surface area contributed by atoms with Gasteiger partial charge in [-0.2, -0.15) is 0 Å². The highest BCUT2D eigenvalue weighted by atomic mass is 32.2. The highest BCUT2D eigenvalue weighted by molar-refractivity contribution is 7.92. The maximum atomic E-state index is 12.5. The minimum atomic E-state index is -3.40. The zero-order valence-electron chi connectivity index (χ0n) is 13.2. The van der Waals surface area contributed by atoms with Gasteiger partial charge in [-0.05, 0) is 25.0 Å². The molecule has 122 valence electrons. The molecule has 1 aliphatic carbocycles. The molecule has 1 fully saturated rings. The number of rotatable bonds is 4. The van der Waals surface area contributed by atoms with E-state index in [1.165, 1.54) is 19.9 Å².